The number of nitrogens with one attached hydrogen (secondary N) is 1. The quantitative estimate of drug-likeness (QED) is 0.769. The highest BCUT2D eigenvalue weighted by Gasteiger charge is 2.23. The Bertz CT molecular complexity index is 451. The van der Waals surface area contributed by atoms with Crippen LogP contribution in [-0.4, -0.2) is 11.8 Å². The van der Waals surface area contributed by atoms with E-state index in [2.05, 4.69) is 21.2 Å². The molecule has 2 amide bonds. The van der Waals surface area contributed by atoms with Crippen LogP contribution < -0.4 is 5.32 Å². The van der Waals surface area contributed by atoms with Crippen LogP contribution >= 0.6 is 15.9 Å². The van der Waals surface area contributed by atoms with Gasteiger partial charge in [0, 0.05) is 16.1 Å². The minimum atomic E-state index is -0.360. The van der Waals surface area contributed by atoms with Gasteiger partial charge in [0.2, 0.25) is 0 Å². The van der Waals surface area contributed by atoms with Gasteiger partial charge < -0.3 is 0 Å². The Morgan fingerprint density at radius 3 is 2.43 bits per heavy atom. The predicted molar refractivity (Wildman–Crippen MR) is 55.3 cm³/mol. The first-order valence-electron chi connectivity index (χ1n) is 4.00. The molecule has 1 aliphatic heterocycles. The van der Waals surface area contributed by atoms with Gasteiger partial charge >= 0.3 is 0 Å². The molecule has 0 atom stereocenters. The van der Waals surface area contributed by atoms with E-state index in [1.54, 1.807) is 6.07 Å². The van der Waals surface area contributed by atoms with Crippen LogP contribution in [0.25, 0.3) is 5.57 Å². The second-order valence-corrected chi connectivity index (χ2v) is 3.71. The Hall–Kier alpha value is -1.42. The molecule has 2 rings (SSSR count). The molecule has 4 heteroatoms. The smallest absolute Gasteiger partial charge is 0.258 e. The number of halogens is 1. The van der Waals surface area contributed by atoms with E-state index in [1.807, 2.05) is 18.2 Å². The molecule has 0 radical (unpaired) electrons. The van der Waals surface area contributed by atoms with Crippen LogP contribution in [0.5, 0.6) is 0 Å². The summed E-state index contributed by atoms with van der Waals surface area (Å²) in [4.78, 5) is 22.2. The Morgan fingerprint density at radius 1 is 1.14 bits per heavy atom. The van der Waals surface area contributed by atoms with Crippen molar-refractivity contribution >= 4 is 33.3 Å². The fraction of sp³-hybridized carbons (Fsp3) is 0. The Balaban J connectivity index is 2.51. The van der Waals surface area contributed by atoms with Crippen LogP contribution in [0.3, 0.4) is 0 Å². The first-order chi connectivity index (χ1) is 6.68. The van der Waals surface area contributed by atoms with Gasteiger partial charge in [-0.3, -0.25) is 14.9 Å². The molecule has 0 saturated heterocycles. The van der Waals surface area contributed by atoms with Crippen molar-refractivity contribution in [3.63, 3.8) is 0 Å². The predicted octanol–water partition coefficient (Wildman–Crippen LogP) is 1.49. The molecule has 0 spiro atoms. The van der Waals surface area contributed by atoms with E-state index in [9.17, 15) is 9.59 Å². The maximum atomic E-state index is 11.3. The second kappa shape index (κ2) is 3.38. The lowest BCUT2D eigenvalue weighted by Crippen LogP contribution is -2.21. The normalized spacial score (nSPS) is 15.4. The Kier molecular flexibility index (Phi) is 2.21. The van der Waals surface area contributed by atoms with Crippen molar-refractivity contribution in [1.82, 2.24) is 5.32 Å². The van der Waals surface area contributed by atoms with Gasteiger partial charge in [-0.05, 0) is 6.07 Å². The molecule has 0 bridgehead atoms. The van der Waals surface area contributed by atoms with Crippen molar-refractivity contribution in [2.24, 2.45) is 0 Å². The summed E-state index contributed by atoms with van der Waals surface area (Å²) in [6.45, 7) is 0. The molecule has 0 fully saturated rings. The minimum Gasteiger partial charge on any atom is -0.289 e. The van der Waals surface area contributed by atoms with Gasteiger partial charge in [0.15, 0.2) is 0 Å². The maximum absolute atomic E-state index is 11.3. The summed E-state index contributed by atoms with van der Waals surface area (Å²) in [6.07, 6.45) is 1.31. The number of carbonyl (C=O) groups is 2. The summed E-state index contributed by atoms with van der Waals surface area (Å²) in [5.74, 6) is -0.706. The zero-order valence-electron chi connectivity index (χ0n) is 7.08. The first-order valence-corrected chi connectivity index (χ1v) is 4.79. The van der Waals surface area contributed by atoms with Crippen LogP contribution in [0.15, 0.2) is 34.8 Å². The van der Waals surface area contributed by atoms with Gasteiger partial charge in [-0.2, -0.15) is 0 Å². The molecule has 1 aromatic carbocycles. The van der Waals surface area contributed by atoms with E-state index < -0.39 is 0 Å². The Labute approximate surface area is 88.9 Å². The molecule has 1 aliphatic rings. The van der Waals surface area contributed by atoms with Crippen LogP contribution in [0.1, 0.15) is 5.56 Å². The van der Waals surface area contributed by atoms with Gasteiger partial charge in [0.25, 0.3) is 11.8 Å². The topological polar surface area (TPSA) is 46.2 Å². The van der Waals surface area contributed by atoms with Crippen LogP contribution in [0.4, 0.5) is 0 Å². The van der Waals surface area contributed by atoms with E-state index in [0.29, 0.717) is 5.57 Å². The van der Waals surface area contributed by atoms with E-state index >= 15 is 0 Å². The summed E-state index contributed by atoms with van der Waals surface area (Å²) in [5.41, 5.74) is 1.14. The van der Waals surface area contributed by atoms with E-state index in [-0.39, 0.29) is 11.8 Å². The molecule has 14 heavy (non-hydrogen) atoms. The molecule has 70 valence electrons. The highest BCUT2D eigenvalue weighted by molar-refractivity contribution is 9.10. The van der Waals surface area contributed by atoms with Gasteiger partial charge in [0.1, 0.15) is 0 Å². The lowest BCUT2D eigenvalue weighted by Gasteiger charge is -2.01. The molecule has 0 aliphatic carbocycles. The number of rotatable bonds is 1. The van der Waals surface area contributed by atoms with Gasteiger partial charge in [-0.25, -0.2) is 0 Å². The molecule has 3 nitrogen and oxygen atoms in total. The lowest BCUT2D eigenvalue weighted by atomic mass is 10.1. The maximum Gasteiger partial charge on any atom is 0.258 e. The van der Waals surface area contributed by atoms with Crippen molar-refractivity contribution in [3.05, 3.63) is 40.4 Å². The average molecular weight is 252 g/mol. The standard InChI is InChI=1S/C10H6BrNO2/c11-8-4-2-1-3-6(8)7-5-9(13)12-10(7)14/h1-5H,(H,12,13,14). The minimum absolute atomic E-state index is 0.345. The third-order valence-electron chi connectivity index (χ3n) is 1.92. The van der Waals surface area contributed by atoms with Crippen LogP contribution in [0, 0.1) is 0 Å². The third-order valence-corrected chi connectivity index (χ3v) is 2.61. The van der Waals surface area contributed by atoms with Gasteiger partial charge in [-0.1, -0.05) is 34.1 Å². The largest absolute Gasteiger partial charge is 0.289 e. The van der Waals surface area contributed by atoms with Gasteiger partial charge in [0.05, 0.1) is 5.57 Å². The molecule has 1 aromatic rings. The summed E-state index contributed by atoms with van der Waals surface area (Å²) in [5, 5.41) is 2.20. The van der Waals surface area contributed by atoms with Crippen molar-refractivity contribution in [3.8, 4) is 0 Å². The number of imide groups is 1. The highest BCUT2D eigenvalue weighted by Crippen LogP contribution is 2.25. The molecular weight excluding hydrogens is 246 g/mol. The van der Waals surface area contributed by atoms with E-state index in [4.69, 9.17) is 0 Å². The zero-order valence-corrected chi connectivity index (χ0v) is 8.67. The summed E-state index contributed by atoms with van der Waals surface area (Å²) in [7, 11) is 0. The van der Waals surface area contributed by atoms with Crippen molar-refractivity contribution in [2.75, 3.05) is 0 Å². The molecule has 1 N–H and O–H groups in total. The number of benzene rings is 1. The average Bonchev–Trinajstić information content (AvgIpc) is 2.46. The highest BCUT2D eigenvalue weighted by atomic mass is 79.9. The molecule has 0 aromatic heterocycles. The molecule has 1 heterocycles. The fourth-order valence-corrected chi connectivity index (χ4v) is 1.79. The number of carbonyl (C=O) groups excluding carboxylic acids is 2. The van der Waals surface area contributed by atoms with Crippen molar-refractivity contribution in [2.45, 2.75) is 0 Å². The van der Waals surface area contributed by atoms with Gasteiger partial charge in [-0.15, -0.1) is 0 Å². The SMILES string of the molecule is O=C1C=C(c2ccccc2Br)C(=O)N1. The number of hydrogen-bond donors (Lipinski definition) is 1. The van der Waals surface area contributed by atoms with E-state index in [0.717, 1.165) is 10.0 Å². The molecule has 0 unspecified atom stereocenters. The fourth-order valence-electron chi connectivity index (χ4n) is 1.29. The summed E-state index contributed by atoms with van der Waals surface area (Å²) in [6, 6.07) is 7.28. The zero-order chi connectivity index (χ0) is 10.1. The molecular formula is C10H6BrNO2. The lowest BCUT2D eigenvalue weighted by molar-refractivity contribution is -0.123. The summed E-state index contributed by atoms with van der Waals surface area (Å²) < 4.78 is 0.802. The van der Waals surface area contributed by atoms with Crippen molar-refractivity contribution < 1.29 is 9.59 Å². The monoisotopic (exact) mass is 251 g/mol. The second-order valence-electron chi connectivity index (χ2n) is 2.86. The summed E-state index contributed by atoms with van der Waals surface area (Å²) >= 11 is 3.32. The van der Waals surface area contributed by atoms with E-state index in [1.165, 1.54) is 6.08 Å². The Morgan fingerprint density at radius 2 is 1.86 bits per heavy atom. The number of amides is 2. The van der Waals surface area contributed by atoms with Crippen molar-refractivity contribution in [1.29, 1.82) is 0 Å². The van der Waals surface area contributed by atoms with Crippen LogP contribution in [-0.2, 0) is 9.59 Å². The third kappa shape index (κ3) is 1.48. The molecule has 0 saturated carbocycles. The number of hydrogen-bond acceptors (Lipinski definition) is 2. The van der Waals surface area contributed by atoms with Crippen LogP contribution in [0.2, 0.25) is 0 Å². The first kappa shape index (κ1) is 9.15.